The second kappa shape index (κ2) is 8.68. The lowest BCUT2D eigenvalue weighted by Crippen LogP contribution is -2.25. The van der Waals surface area contributed by atoms with Crippen molar-refractivity contribution in [3.05, 3.63) is 71.8 Å². The van der Waals surface area contributed by atoms with Crippen LogP contribution in [0.25, 0.3) is 0 Å². The summed E-state index contributed by atoms with van der Waals surface area (Å²) in [6, 6.07) is 14.3. The Hall–Kier alpha value is -3.08. The molecule has 1 amide bonds. The summed E-state index contributed by atoms with van der Waals surface area (Å²) in [5.74, 6) is -0.499. The van der Waals surface area contributed by atoms with Crippen molar-refractivity contribution in [2.45, 2.75) is 20.0 Å². The van der Waals surface area contributed by atoms with Crippen molar-refractivity contribution in [1.29, 1.82) is 0 Å². The standard InChI is InChI=1S/C20H21NO4/c1-4-8-18(22)25-19(15-9-6-5-7-10-15)20(23)21-16-13-14(2)11-12-17(16)24-3/h4-13,19H,1-3H3,(H,21,23)/b8-4+/t19-/m0/s1. The average molecular weight is 339 g/mol. The molecule has 1 N–H and O–H groups in total. The van der Waals surface area contributed by atoms with E-state index >= 15 is 0 Å². The van der Waals surface area contributed by atoms with Crippen molar-refractivity contribution in [2.75, 3.05) is 12.4 Å². The third-order valence-electron chi connectivity index (χ3n) is 3.49. The molecule has 0 fully saturated rings. The highest BCUT2D eigenvalue weighted by Crippen LogP contribution is 2.27. The van der Waals surface area contributed by atoms with Crippen LogP contribution in [0, 0.1) is 6.92 Å². The van der Waals surface area contributed by atoms with Gasteiger partial charge in [0.05, 0.1) is 12.8 Å². The van der Waals surface area contributed by atoms with E-state index in [1.165, 1.54) is 13.2 Å². The highest BCUT2D eigenvalue weighted by atomic mass is 16.5. The van der Waals surface area contributed by atoms with Gasteiger partial charge in [-0.25, -0.2) is 4.79 Å². The first-order chi connectivity index (χ1) is 12.0. The van der Waals surface area contributed by atoms with E-state index in [4.69, 9.17) is 9.47 Å². The Balaban J connectivity index is 2.29. The van der Waals surface area contributed by atoms with Crippen molar-refractivity contribution < 1.29 is 19.1 Å². The molecule has 0 unspecified atom stereocenters. The van der Waals surface area contributed by atoms with Crippen LogP contribution in [0.1, 0.15) is 24.2 Å². The SMILES string of the molecule is C/C=C/C(=O)O[C@H](C(=O)Nc1cc(C)ccc1OC)c1ccccc1. The number of nitrogens with one attached hydrogen (secondary N) is 1. The van der Waals surface area contributed by atoms with E-state index < -0.39 is 18.0 Å². The predicted molar refractivity (Wildman–Crippen MR) is 96.4 cm³/mol. The van der Waals surface area contributed by atoms with Crippen molar-refractivity contribution >= 4 is 17.6 Å². The van der Waals surface area contributed by atoms with Gasteiger partial charge >= 0.3 is 5.97 Å². The van der Waals surface area contributed by atoms with E-state index in [1.807, 2.05) is 19.1 Å². The lowest BCUT2D eigenvalue weighted by molar-refractivity contribution is -0.149. The minimum absolute atomic E-state index is 0.451. The molecule has 0 saturated heterocycles. The largest absolute Gasteiger partial charge is 0.495 e. The minimum atomic E-state index is -1.06. The van der Waals surface area contributed by atoms with Gasteiger partial charge in [-0.05, 0) is 31.5 Å². The normalized spacial score (nSPS) is 11.8. The van der Waals surface area contributed by atoms with E-state index in [-0.39, 0.29) is 0 Å². The monoisotopic (exact) mass is 339 g/mol. The summed E-state index contributed by atoms with van der Waals surface area (Å²) in [4.78, 5) is 24.6. The summed E-state index contributed by atoms with van der Waals surface area (Å²) in [6.07, 6.45) is 1.78. The van der Waals surface area contributed by atoms with Gasteiger partial charge in [-0.3, -0.25) is 4.79 Å². The van der Waals surface area contributed by atoms with Gasteiger partial charge in [0.25, 0.3) is 5.91 Å². The Labute approximate surface area is 147 Å². The third-order valence-corrected chi connectivity index (χ3v) is 3.49. The molecule has 0 aliphatic carbocycles. The summed E-state index contributed by atoms with van der Waals surface area (Å²) < 4.78 is 10.6. The highest BCUT2D eigenvalue weighted by molar-refractivity contribution is 5.98. The van der Waals surface area contributed by atoms with Crippen LogP contribution in [0.2, 0.25) is 0 Å². The number of aryl methyl sites for hydroxylation is 1. The number of ether oxygens (including phenoxy) is 2. The Morgan fingerprint density at radius 3 is 2.48 bits per heavy atom. The number of benzene rings is 2. The lowest BCUT2D eigenvalue weighted by Gasteiger charge is -2.18. The van der Waals surface area contributed by atoms with Crippen molar-refractivity contribution in [1.82, 2.24) is 0 Å². The molecule has 130 valence electrons. The van der Waals surface area contributed by atoms with Crippen LogP contribution in [0.15, 0.2) is 60.7 Å². The molecule has 0 bridgehead atoms. The number of hydrogen-bond acceptors (Lipinski definition) is 4. The molecular weight excluding hydrogens is 318 g/mol. The number of hydrogen-bond donors (Lipinski definition) is 1. The van der Waals surface area contributed by atoms with Crippen LogP contribution in [-0.2, 0) is 14.3 Å². The summed E-state index contributed by atoms with van der Waals surface area (Å²) in [5.41, 5.74) is 2.08. The second-order valence-corrected chi connectivity index (χ2v) is 5.42. The molecule has 0 aliphatic rings. The third kappa shape index (κ3) is 4.94. The molecule has 2 aromatic carbocycles. The second-order valence-electron chi connectivity index (χ2n) is 5.42. The van der Waals surface area contributed by atoms with Gasteiger partial charge in [-0.2, -0.15) is 0 Å². The van der Waals surface area contributed by atoms with Gasteiger partial charge < -0.3 is 14.8 Å². The Morgan fingerprint density at radius 2 is 1.84 bits per heavy atom. The van der Waals surface area contributed by atoms with Gasteiger partial charge in [0.2, 0.25) is 6.10 Å². The molecule has 1 atom stereocenters. The summed E-state index contributed by atoms with van der Waals surface area (Å²) in [5, 5.41) is 2.78. The zero-order chi connectivity index (χ0) is 18.2. The molecule has 5 nitrogen and oxygen atoms in total. The first-order valence-electron chi connectivity index (χ1n) is 7.89. The maximum Gasteiger partial charge on any atom is 0.331 e. The van der Waals surface area contributed by atoms with Gasteiger partial charge in [0.1, 0.15) is 5.75 Å². The maximum absolute atomic E-state index is 12.8. The Bertz CT molecular complexity index is 769. The molecule has 0 radical (unpaired) electrons. The first kappa shape index (κ1) is 18.3. The topological polar surface area (TPSA) is 64.6 Å². The molecule has 0 spiro atoms. The summed E-state index contributed by atoms with van der Waals surface area (Å²) >= 11 is 0. The van der Waals surface area contributed by atoms with E-state index in [0.29, 0.717) is 17.0 Å². The molecule has 0 saturated carbocycles. The number of carbonyl (C=O) groups excluding carboxylic acids is 2. The molecule has 2 aromatic rings. The highest BCUT2D eigenvalue weighted by Gasteiger charge is 2.25. The maximum atomic E-state index is 12.8. The van der Waals surface area contributed by atoms with Crippen LogP contribution in [-0.4, -0.2) is 19.0 Å². The molecule has 25 heavy (non-hydrogen) atoms. The number of rotatable bonds is 6. The van der Waals surface area contributed by atoms with Crippen LogP contribution >= 0.6 is 0 Å². The van der Waals surface area contributed by atoms with E-state index in [9.17, 15) is 9.59 Å². The molecule has 0 aromatic heterocycles. The number of allylic oxidation sites excluding steroid dienone is 1. The molecule has 0 heterocycles. The summed E-state index contributed by atoms with van der Waals surface area (Å²) in [6.45, 7) is 3.62. The molecular formula is C20H21NO4. The van der Waals surface area contributed by atoms with Gasteiger partial charge in [0.15, 0.2) is 0 Å². The van der Waals surface area contributed by atoms with Crippen molar-refractivity contribution in [3.63, 3.8) is 0 Å². The van der Waals surface area contributed by atoms with Crippen LogP contribution < -0.4 is 10.1 Å². The fourth-order valence-electron chi connectivity index (χ4n) is 2.31. The fourth-order valence-corrected chi connectivity index (χ4v) is 2.31. The fraction of sp³-hybridized carbons (Fsp3) is 0.200. The Morgan fingerprint density at radius 1 is 1.12 bits per heavy atom. The van der Waals surface area contributed by atoms with E-state index in [0.717, 1.165) is 5.56 Å². The predicted octanol–water partition coefficient (Wildman–Crippen LogP) is 3.80. The zero-order valence-electron chi connectivity index (χ0n) is 14.5. The Kier molecular flexibility index (Phi) is 6.34. The van der Waals surface area contributed by atoms with Crippen LogP contribution in [0.4, 0.5) is 5.69 Å². The summed E-state index contributed by atoms with van der Waals surface area (Å²) in [7, 11) is 1.53. The minimum Gasteiger partial charge on any atom is -0.495 e. The van der Waals surface area contributed by atoms with Crippen LogP contribution in [0.3, 0.4) is 0 Å². The van der Waals surface area contributed by atoms with E-state index in [2.05, 4.69) is 5.32 Å². The van der Waals surface area contributed by atoms with Gasteiger partial charge in [-0.15, -0.1) is 0 Å². The van der Waals surface area contributed by atoms with Crippen molar-refractivity contribution in [3.8, 4) is 5.75 Å². The van der Waals surface area contributed by atoms with E-state index in [1.54, 1.807) is 49.4 Å². The average Bonchev–Trinajstić information content (AvgIpc) is 2.61. The number of methoxy groups -OCH3 is 1. The number of carbonyl (C=O) groups is 2. The first-order valence-corrected chi connectivity index (χ1v) is 7.89. The number of amides is 1. The van der Waals surface area contributed by atoms with Gasteiger partial charge in [0, 0.05) is 11.6 Å². The van der Waals surface area contributed by atoms with Crippen LogP contribution in [0.5, 0.6) is 5.75 Å². The molecule has 5 heteroatoms. The smallest absolute Gasteiger partial charge is 0.331 e. The number of anilines is 1. The quantitative estimate of drug-likeness (QED) is 0.642. The van der Waals surface area contributed by atoms with Gasteiger partial charge in [-0.1, -0.05) is 42.5 Å². The zero-order valence-corrected chi connectivity index (χ0v) is 14.5. The molecule has 0 aliphatic heterocycles. The van der Waals surface area contributed by atoms with Crippen molar-refractivity contribution in [2.24, 2.45) is 0 Å². The lowest BCUT2D eigenvalue weighted by atomic mass is 10.1. The number of esters is 1. The molecule has 2 rings (SSSR count).